The van der Waals surface area contributed by atoms with Crippen LogP contribution in [0.25, 0.3) is 11.0 Å². The number of carbonyl (C=O) groups excluding carboxylic acids is 2. The molecule has 1 N–H and O–H groups in total. The van der Waals surface area contributed by atoms with Gasteiger partial charge in [-0.1, -0.05) is 12.1 Å². The van der Waals surface area contributed by atoms with Gasteiger partial charge in [0.15, 0.2) is 16.4 Å². The van der Waals surface area contributed by atoms with Crippen LogP contribution in [0.2, 0.25) is 0 Å². The van der Waals surface area contributed by atoms with E-state index in [2.05, 4.69) is 14.1 Å². The highest BCUT2D eigenvalue weighted by atomic mass is 32.2. The number of amides is 1. The fourth-order valence-corrected chi connectivity index (χ4v) is 3.38. The van der Waals surface area contributed by atoms with Gasteiger partial charge in [0.25, 0.3) is 5.91 Å². The molecule has 3 aromatic rings. The lowest BCUT2D eigenvalue weighted by molar-refractivity contribution is -0.119. The van der Waals surface area contributed by atoms with E-state index in [1.165, 1.54) is 24.3 Å². The SMILES string of the molecule is CS(=O)(=O)c1cccc(C(=O)OCC(=O)Nc2cccc3nsnc23)c1. The number of hydrogen-bond donors (Lipinski definition) is 1. The molecule has 0 aliphatic carbocycles. The second-order valence-corrected chi connectivity index (χ2v) is 7.91. The maximum Gasteiger partial charge on any atom is 0.338 e. The van der Waals surface area contributed by atoms with E-state index in [0.29, 0.717) is 16.7 Å². The second-order valence-electron chi connectivity index (χ2n) is 5.36. The van der Waals surface area contributed by atoms with Crippen molar-refractivity contribution < 1.29 is 22.7 Å². The Hall–Kier alpha value is -2.85. The van der Waals surface area contributed by atoms with Crippen LogP contribution in [0.1, 0.15) is 10.4 Å². The van der Waals surface area contributed by atoms with Crippen molar-refractivity contribution in [2.45, 2.75) is 4.90 Å². The highest BCUT2D eigenvalue weighted by Crippen LogP contribution is 2.21. The monoisotopic (exact) mass is 391 g/mol. The molecule has 0 aliphatic heterocycles. The lowest BCUT2D eigenvalue weighted by atomic mass is 10.2. The number of benzene rings is 2. The molecule has 0 spiro atoms. The Morgan fingerprint density at radius 2 is 1.92 bits per heavy atom. The van der Waals surface area contributed by atoms with Gasteiger partial charge in [0.2, 0.25) is 0 Å². The predicted molar refractivity (Wildman–Crippen MR) is 95.9 cm³/mol. The third kappa shape index (κ3) is 4.03. The standard InChI is InChI=1S/C16H13N3O5S2/c1-26(22,23)11-5-2-4-10(8-11)16(21)24-9-14(20)17-12-6-3-7-13-15(12)19-25-18-13/h2-8H,9H2,1H3,(H,17,20). The first-order valence-corrected chi connectivity index (χ1v) is 9.95. The fourth-order valence-electron chi connectivity index (χ4n) is 2.16. The number of sulfone groups is 1. The summed E-state index contributed by atoms with van der Waals surface area (Å²) in [4.78, 5) is 24.0. The highest BCUT2D eigenvalue weighted by molar-refractivity contribution is 7.90. The van der Waals surface area contributed by atoms with Gasteiger partial charge < -0.3 is 10.1 Å². The average Bonchev–Trinajstić information content (AvgIpc) is 3.09. The summed E-state index contributed by atoms with van der Waals surface area (Å²) in [5.41, 5.74) is 1.73. The number of ether oxygens (including phenoxy) is 1. The molecule has 0 aliphatic rings. The first-order chi connectivity index (χ1) is 12.3. The Balaban J connectivity index is 1.64. The minimum Gasteiger partial charge on any atom is -0.452 e. The van der Waals surface area contributed by atoms with E-state index in [-0.39, 0.29) is 10.5 Å². The zero-order chi connectivity index (χ0) is 18.7. The molecule has 10 heteroatoms. The molecule has 1 aromatic heterocycles. The molecule has 0 radical (unpaired) electrons. The average molecular weight is 391 g/mol. The molecule has 2 aromatic carbocycles. The first kappa shape index (κ1) is 18.0. The molecule has 134 valence electrons. The van der Waals surface area contributed by atoms with E-state index in [0.717, 1.165) is 18.0 Å². The number of aromatic nitrogens is 2. The number of nitrogens with zero attached hydrogens (tertiary/aromatic N) is 2. The second kappa shape index (κ2) is 7.18. The minimum absolute atomic E-state index is 0.000823. The van der Waals surface area contributed by atoms with Gasteiger partial charge in [0.05, 0.1) is 27.9 Å². The molecule has 8 nitrogen and oxygen atoms in total. The van der Waals surface area contributed by atoms with Gasteiger partial charge in [0.1, 0.15) is 11.0 Å². The number of anilines is 1. The summed E-state index contributed by atoms with van der Waals surface area (Å²) in [5, 5.41) is 2.61. The molecule has 0 unspecified atom stereocenters. The van der Waals surface area contributed by atoms with Crippen LogP contribution < -0.4 is 5.32 Å². The Morgan fingerprint density at radius 1 is 1.15 bits per heavy atom. The van der Waals surface area contributed by atoms with Gasteiger partial charge in [0, 0.05) is 6.26 Å². The largest absolute Gasteiger partial charge is 0.452 e. The van der Waals surface area contributed by atoms with Gasteiger partial charge in [-0.2, -0.15) is 8.75 Å². The quantitative estimate of drug-likeness (QED) is 0.660. The predicted octanol–water partition coefficient (Wildman–Crippen LogP) is 1.89. The van der Waals surface area contributed by atoms with Crippen LogP contribution in [-0.4, -0.2) is 41.9 Å². The molecule has 0 saturated heterocycles. The van der Waals surface area contributed by atoms with E-state index in [1.807, 2.05) is 0 Å². The van der Waals surface area contributed by atoms with Crippen molar-refractivity contribution in [3.63, 3.8) is 0 Å². The Kier molecular flexibility index (Phi) is 4.96. The van der Waals surface area contributed by atoms with E-state index >= 15 is 0 Å². The van der Waals surface area contributed by atoms with Crippen molar-refractivity contribution in [3.8, 4) is 0 Å². The molecule has 3 rings (SSSR count). The highest BCUT2D eigenvalue weighted by Gasteiger charge is 2.15. The van der Waals surface area contributed by atoms with Gasteiger partial charge in [-0.05, 0) is 30.3 Å². The lowest BCUT2D eigenvalue weighted by Crippen LogP contribution is -2.21. The molecule has 0 saturated carbocycles. The van der Waals surface area contributed by atoms with Gasteiger partial charge >= 0.3 is 5.97 Å². The van der Waals surface area contributed by atoms with Gasteiger partial charge in [-0.25, -0.2) is 13.2 Å². The fraction of sp³-hybridized carbons (Fsp3) is 0.125. The number of carbonyl (C=O) groups is 2. The van der Waals surface area contributed by atoms with Gasteiger partial charge in [-0.15, -0.1) is 0 Å². The summed E-state index contributed by atoms with van der Waals surface area (Å²) in [5.74, 6) is -1.34. The van der Waals surface area contributed by atoms with Crippen LogP contribution in [0.15, 0.2) is 47.4 Å². The zero-order valence-corrected chi connectivity index (χ0v) is 15.1. The molecule has 26 heavy (non-hydrogen) atoms. The van der Waals surface area contributed by atoms with Crippen LogP contribution in [-0.2, 0) is 19.4 Å². The van der Waals surface area contributed by atoms with Crippen molar-refractivity contribution in [1.29, 1.82) is 0 Å². The number of fused-ring (bicyclic) bond motifs is 1. The maximum atomic E-state index is 12.0. The summed E-state index contributed by atoms with van der Waals surface area (Å²) in [6, 6.07) is 10.6. The first-order valence-electron chi connectivity index (χ1n) is 7.33. The summed E-state index contributed by atoms with van der Waals surface area (Å²) in [6.07, 6.45) is 1.04. The lowest BCUT2D eigenvalue weighted by Gasteiger charge is -2.07. The summed E-state index contributed by atoms with van der Waals surface area (Å²) < 4.78 is 36.2. The van der Waals surface area contributed by atoms with E-state index in [4.69, 9.17) is 4.74 Å². The Labute approximate surface area is 153 Å². The topological polar surface area (TPSA) is 115 Å². The van der Waals surface area contributed by atoms with Crippen molar-refractivity contribution in [2.75, 3.05) is 18.2 Å². The minimum atomic E-state index is -3.45. The number of esters is 1. The maximum absolute atomic E-state index is 12.0. The summed E-state index contributed by atoms with van der Waals surface area (Å²) >= 11 is 1.03. The molecule has 0 atom stereocenters. The third-order valence-electron chi connectivity index (χ3n) is 3.39. The van der Waals surface area contributed by atoms with Crippen molar-refractivity contribution in [3.05, 3.63) is 48.0 Å². The Morgan fingerprint density at radius 3 is 2.69 bits per heavy atom. The van der Waals surface area contributed by atoms with Crippen LogP contribution in [0.5, 0.6) is 0 Å². The van der Waals surface area contributed by atoms with Crippen LogP contribution in [0, 0.1) is 0 Å². The zero-order valence-electron chi connectivity index (χ0n) is 13.5. The molecule has 1 amide bonds. The van der Waals surface area contributed by atoms with Crippen molar-refractivity contribution in [2.24, 2.45) is 0 Å². The molecule has 0 fully saturated rings. The smallest absolute Gasteiger partial charge is 0.338 e. The summed E-state index contributed by atoms with van der Waals surface area (Å²) in [7, 11) is -3.45. The number of hydrogen-bond acceptors (Lipinski definition) is 8. The molecule has 1 heterocycles. The number of rotatable bonds is 5. The molecule has 0 bridgehead atoms. The van der Waals surface area contributed by atoms with E-state index in [1.54, 1.807) is 18.2 Å². The van der Waals surface area contributed by atoms with Crippen molar-refractivity contribution in [1.82, 2.24) is 8.75 Å². The van der Waals surface area contributed by atoms with E-state index < -0.39 is 28.3 Å². The van der Waals surface area contributed by atoms with Crippen LogP contribution >= 0.6 is 11.7 Å². The van der Waals surface area contributed by atoms with E-state index in [9.17, 15) is 18.0 Å². The number of nitrogens with one attached hydrogen (secondary N) is 1. The molecular weight excluding hydrogens is 378 g/mol. The van der Waals surface area contributed by atoms with Gasteiger partial charge in [-0.3, -0.25) is 4.79 Å². The summed E-state index contributed by atoms with van der Waals surface area (Å²) in [6.45, 7) is -0.518. The Bertz CT molecular complexity index is 1090. The van der Waals surface area contributed by atoms with Crippen molar-refractivity contribution >= 4 is 50.2 Å². The van der Waals surface area contributed by atoms with Crippen LogP contribution in [0.3, 0.4) is 0 Å². The van der Waals surface area contributed by atoms with Crippen LogP contribution in [0.4, 0.5) is 5.69 Å². The normalized spacial score (nSPS) is 11.3. The third-order valence-corrected chi connectivity index (χ3v) is 5.05. The molecular formula is C16H13N3O5S2.